The van der Waals surface area contributed by atoms with Crippen molar-refractivity contribution in [3.8, 4) is 0 Å². The fraction of sp³-hybridized carbons (Fsp3) is 0.636. The topological polar surface area (TPSA) is 46.0 Å². The minimum Gasteiger partial charge on any atom is -0.465 e. The van der Waals surface area contributed by atoms with E-state index in [1.54, 1.807) is 6.20 Å². The van der Waals surface area contributed by atoms with E-state index < -0.39 is 0 Å². The Labute approximate surface area is 90.3 Å². The van der Waals surface area contributed by atoms with Gasteiger partial charge in [-0.15, -0.1) is 0 Å². The highest BCUT2D eigenvalue weighted by atomic mass is 16.5. The quantitative estimate of drug-likeness (QED) is 0.435. The molecule has 0 saturated heterocycles. The lowest BCUT2D eigenvalue weighted by molar-refractivity contribution is -0.677. The molecule has 0 bridgehead atoms. The third-order valence-electron chi connectivity index (χ3n) is 2.30. The summed E-state index contributed by atoms with van der Waals surface area (Å²) in [4.78, 5) is 14.4. The van der Waals surface area contributed by atoms with Crippen LogP contribution in [0.25, 0.3) is 0 Å². The van der Waals surface area contributed by atoms with Gasteiger partial charge in [-0.25, -0.2) is 9.55 Å². The van der Waals surface area contributed by atoms with Gasteiger partial charge in [0.15, 0.2) is 0 Å². The number of aromatic nitrogens is 2. The molecule has 1 aromatic rings. The van der Waals surface area contributed by atoms with Crippen LogP contribution in [0.2, 0.25) is 0 Å². The molecule has 0 amide bonds. The molecular formula is C11H19N2O2+. The standard InChI is InChI=1S/C11H18N2O2/c1-3-4-5-8-15-11(14)9-10-12-6-7-13(10)2/h6-7H,3-5,8-9H2,1-2H3/p+1. The number of hydrogen-bond acceptors (Lipinski definition) is 2. The Balaban J connectivity index is 2.22. The second-order valence-corrected chi connectivity index (χ2v) is 3.62. The van der Waals surface area contributed by atoms with Crippen LogP contribution in [0.4, 0.5) is 0 Å². The molecule has 1 heterocycles. The highest BCUT2D eigenvalue weighted by Crippen LogP contribution is 1.96. The van der Waals surface area contributed by atoms with Crippen LogP contribution in [0, 0.1) is 0 Å². The molecule has 0 fully saturated rings. The molecular weight excluding hydrogens is 192 g/mol. The van der Waals surface area contributed by atoms with Crippen molar-refractivity contribution in [3.63, 3.8) is 0 Å². The van der Waals surface area contributed by atoms with Crippen molar-refractivity contribution in [2.75, 3.05) is 6.61 Å². The molecule has 4 nitrogen and oxygen atoms in total. The molecule has 0 saturated carbocycles. The first kappa shape index (κ1) is 11.8. The van der Waals surface area contributed by atoms with Crippen molar-refractivity contribution in [1.82, 2.24) is 4.98 Å². The number of rotatable bonds is 6. The number of aromatic amines is 1. The Morgan fingerprint density at radius 3 is 2.93 bits per heavy atom. The van der Waals surface area contributed by atoms with E-state index in [1.165, 1.54) is 0 Å². The molecule has 0 radical (unpaired) electrons. The van der Waals surface area contributed by atoms with Crippen LogP contribution in [0.3, 0.4) is 0 Å². The van der Waals surface area contributed by atoms with Gasteiger partial charge < -0.3 is 4.74 Å². The van der Waals surface area contributed by atoms with Crippen molar-refractivity contribution in [2.24, 2.45) is 7.05 Å². The van der Waals surface area contributed by atoms with Crippen molar-refractivity contribution in [2.45, 2.75) is 32.6 Å². The van der Waals surface area contributed by atoms with E-state index in [-0.39, 0.29) is 5.97 Å². The Hall–Kier alpha value is -1.32. The third-order valence-corrected chi connectivity index (χ3v) is 2.30. The van der Waals surface area contributed by atoms with Crippen LogP contribution < -0.4 is 4.57 Å². The number of unbranched alkanes of at least 4 members (excludes halogenated alkanes) is 2. The second kappa shape index (κ2) is 6.22. The largest absolute Gasteiger partial charge is 0.465 e. The summed E-state index contributed by atoms with van der Waals surface area (Å²) in [6.45, 7) is 2.66. The van der Waals surface area contributed by atoms with E-state index in [9.17, 15) is 4.79 Å². The number of hydrogen-bond donors (Lipinski definition) is 1. The van der Waals surface area contributed by atoms with Crippen molar-refractivity contribution >= 4 is 5.97 Å². The lowest BCUT2D eigenvalue weighted by atomic mass is 10.3. The van der Waals surface area contributed by atoms with Gasteiger partial charge in [0.2, 0.25) is 0 Å². The predicted octanol–water partition coefficient (Wildman–Crippen LogP) is 1.12. The first-order valence-corrected chi connectivity index (χ1v) is 5.41. The summed E-state index contributed by atoms with van der Waals surface area (Å²) in [5.41, 5.74) is 0. The summed E-state index contributed by atoms with van der Waals surface area (Å²) in [5.74, 6) is 0.708. The number of imidazole rings is 1. The van der Waals surface area contributed by atoms with Gasteiger partial charge in [0.1, 0.15) is 18.8 Å². The van der Waals surface area contributed by atoms with Crippen LogP contribution in [-0.2, 0) is 23.0 Å². The van der Waals surface area contributed by atoms with Crippen molar-refractivity contribution in [3.05, 3.63) is 18.2 Å². The zero-order valence-corrected chi connectivity index (χ0v) is 9.45. The second-order valence-electron chi connectivity index (χ2n) is 3.62. The summed E-state index contributed by atoms with van der Waals surface area (Å²) >= 11 is 0. The van der Waals surface area contributed by atoms with E-state index in [1.807, 2.05) is 17.8 Å². The van der Waals surface area contributed by atoms with Gasteiger partial charge >= 0.3 is 5.97 Å². The molecule has 0 aliphatic carbocycles. The molecule has 0 aliphatic heterocycles. The lowest BCUT2D eigenvalue weighted by Gasteiger charge is -2.01. The zero-order valence-electron chi connectivity index (χ0n) is 9.45. The summed E-state index contributed by atoms with van der Waals surface area (Å²) in [5, 5.41) is 0. The van der Waals surface area contributed by atoms with E-state index in [0.717, 1.165) is 25.1 Å². The fourth-order valence-electron chi connectivity index (χ4n) is 1.34. The van der Waals surface area contributed by atoms with Crippen LogP contribution in [0.1, 0.15) is 32.0 Å². The Kier molecular flexibility index (Phi) is 4.87. The maximum absolute atomic E-state index is 11.4. The summed E-state index contributed by atoms with van der Waals surface area (Å²) in [6.07, 6.45) is 7.21. The number of ether oxygens (including phenoxy) is 1. The van der Waals surface area contributed by atoms with Gasteiger partial charge in [0.05, 0.1) is 13.7 Å². The van der Waals surface area contributed by atoms with Gasteiger partial charge in [0.25, 0.3) is 5.82 Å². The van der Waals surface area contributed by atoms with E-state index in [0.29, 0.717) is 13.0 Å². The lowest BCUT2D eigenvalue weighted by Crippen LogP contribution is -2.32. The number of nitrogens with one attached hydrogen (secondary N) is 1. The minimum atomic E-state index is -0.163. The number of nitrogens with zero attached hydrogens (tertiary/aromatic N) is 1. The predicted molar refractivity (Wildman–Crippen MR) is 56.2 cm³/mol. The maximum atomic E-state index is 11.4. The minimum absolute atomic E-state index is 0.163. The molecule has 0 spiro atoms. The fourth-order valence-corrected chi connectivity index (χ4v) is 1.34. The van der Waals surface area contributed by atoms with Crippen LogP contribution in [0.15, 0.2) is 12.4 Å². The number of aryl methyl sites for hydroxylation is 1. The van der Waals surface area contributed by atoms with E-state index in [4.69, 9.17) is 4.74 Å². The van der Waals surface area contributed by atoms with Crippen LogP contribution >= 0.6 is 0 Å². The third kappa shape index (κ3) is 4.14. The molecule has 0 unspecified atom stereocenters. The molecule has 0 aromatic carbocycles. The first-order valence-electron chi connectivity index (χ1n) is 5.41. The maximum Gasteiger partial charge on any atom is 0.318 e. The molecule has 84 valence electrons. The Morgan fingerprint density at radius 2 is 2.33 bits per heavy atom. The van der Waals surface area contributed by atoms with Gasteiger partial charge in [-0.1, -0.05) is 19.8 Å². The van der Waals surface area contributed by atoms with Gasteiger partial charge in [-0.3, -0.25) is 4.79 Å². The first-order chi connectivity index (χ1) is 7.24. The summed E-state index contributed by atoms with van der Waals surface area (Å²) < 4.78 is 6.98. The molecule has 1 rings (SSSR count). The molecule has 1 aromatic heterocycles. The molecule has 15 heavy (non-hydrogen) atoms. The SMILES string of the molecule is CCCCCOC(=O)Cc1[nH]cc[n+]1C. The Morgan fingerprint density at radius 1 is 1.53 bits per heavy atom. The number of carbonyl (C=O) groups excluding carboxylic acids is 1. The Bertz CT molecular complexity index is 307. The molecule has 1 N–H and O–H groups in total. The normalized spacial score (nSPS) is 10.3. The zero-order chi connectivity index (χ0) is 11.1. The van der Waals surface area contributed by atoms with E-state index >= 15 is 0 Å². The summed E-state index contributed by atoms with van der Waals surface area (Å²) in [6, 6.07) is 0. The van der Waals surface area contributed by atoms with E-state index in [2.05, 4.69) is 11.9 Å². The molecule has 4 heteroatoms. The average molecular weight is 211 g/mol. The average Bonchev–Trinajstić information content (AvgIpc) is 2.59. The monoisotopic (exact) mass is 211 g/mol. The highest BCUT2D eigenvalue weighted by Gasteiger charge is 2.13. The number of esters is 1. The highest BCUT2D eigenvalue weighted by molar-refractivity contribution is 5.71. The van der Waals surface area contributed by atoms with Crippen molar-refractivity contribution in [1.29, 1.82) is 0 Å². The molecule has 0 aliphatic rings. The summed E-state index contributed by atoms with van der Waals surface area (Å²) in [7, 11) is 1.90. The van der Waals surface area contributed by atoms with Gasteiger partial charge in [-0.05, 0) is 6.42 Å². The number of H-pyrrole nitrogens is 1. The van der Waals surface area contributed by atoms with Gasteiger partial charge in [0, 0.05) is 0 Å². The smallest absolute Gasteiger partial charge is 0.318 e. The van der Waals surface area contributed by atoms with Gasteiger partial charge in [-0.2, -0.15) is 0 Å². The van der Waals surface area contributed by atoms with Crippen molar-refractivity contribution < 1.29 is 14.1 Å². The van der Waals surface area contributed by atoms with Crippen LogP contribution in [0.5, 0.6) is 0 Å². The van der Waals surface area contributed by atoms with Crippen LogP contribution in [-0.4, -0.2) is 17.6 Å². The number of carbonyl (C=O) groups is 1. The molecule has 0 atom stereocenters.